The molecular weight excluding hydrogens is 398 g/mol. The number of carbonyl (C=O) groups is 2. The number of carboxylic acid groups (broad SMARTS) is 2. The van der Waals surface area contributed by atoms with E-state index in [9.17, 15) is 0 Å². The molecule has 1 aliphatic heterocycles. The number of ether oxygens (including phenoxy) is 2. The maximum absolute atomic E-state index is 9.10. The lowest BCUT2D eigenvalue weighted by molar-refractivity contribution is -0.159. The topological polar surface area (TPSA) is 96.3 Å². The molecule has 3 rings (SSSR count). The highest BCUT2D eigenvalue weighted by atomic mass is 16.5. The van der Waals surface area contributed by atoms with E-state index < -0.39 is 11.9 Å². The molecule has 1 saturated heterocycles. The molecule has 1 heterocycles. The summed E-state index contributed by atoms with van der Waals surface area (Å²) in [5.74, 6) is -1.02. The molecule has 0 atom stereocenters. The Balaban J connectivity index is 0.000000501. The van der Waals surface area contributed by atoms with Crippen molar-refractivity contribution in [1.29, 1.82) is 0 Å². The number of likely N-dealkylation sites (tertiary alicyclic amines) is 1. The molecule has 2 aromatic carbocycles. The zero-order valence-electron chi connectivity index (χ0n) is 17.9. The van der Waals surface area contributed by atoms with Gasteiger partial charge in [-0.05, 0) is 74.5 Å². The van der Waals surface area contributed by atoms with Crippen molar-refractivity contribution in [3.05, 3.63) is 60.2 Å². The first-order valence-electron chi connectivity index (χ1n) is 10.5. The number of piperidine rings is 1. The second-order valence-electron chi connectivity index (χ2n) is 7.46. The zero-order chi connectivity index (χ0) is 22.5. The van der Waals surface area contributed by atoms with Gasteiger partial charge in [0.2, 0.25) is 0 Å². The molecule has 1 fully saturated rings. The van der Waals surface area contributed by atoms with Crippen molar-refractivity contribution in [3.8, 4) is 11.5 Å². The summed E-state index contributed by atoms with van der Waals surface area (Å²) in [7, 11) is 1.68. The Bertz CT molecular complexity index is 773. The Morgan fingerprint density at radius 2 is 1.52 bits per heavy atom. The van der Waals surface area contributed by atoms with E-state index in [1.165, 1.54) is 37.9 Å². The lowest BCUT2D eigenvalue weighted by Gasteiger charge is -2.32. The maximum atomic E-state index is 9.10. The highest BCUT2D eigenvalue weighted by molar-refractivity contribution is 6.27. The van der Waals surface area contributed by atoms with E-state index in [1.807, 2.05) is 24.3 Å². The first kappa shape index (κ1) is 24.2. The van der Waals surface area contributed by atoms with Gasteiger partial charge in [0.05, 0.1) is 13.7 Å². The Morgan fingerprint density at radius 3 is 2.06 bits per heavy atom. The molecule has 0 aliphatic carbocycles. The molecule has 1 aliphatic rings. The van der Waals surface area contributed by atoms with Crippen LogP contribution in [-0.2, 0) is 16.0 Å². The number of aliphatic carboxylic acids is 2. The van der Waals surface area contributed by atoms with Crippen LogP contribution in [0.2, 0.25) is 0 Å². The molecular formula is C24H31NO6. The third kappa shape index (κ3) is 9.53. The summed E-state index contributed by atoms with van der Waals surface area (Å²) in [6, 6.07) is 18.7. The molecule has 0 aromatic heterocycles. The van der Waals surface area contributed by atoms with Crippen molar-refractivity contribution in [2.24, 2.45) is 5.92 Å². The summed E-state index contributed by atoms with van der Waals surface area (Å²) in [5.41, 5.74) is 1.48. The first-order chi connectivity index (χ1) is 15.0. The highest BCUT2D eigenvalue weighted by Gasteiger charge is 2.19. The van der Waals surface area contributed by atoms with Crippen molar-refractivity contribution in [3.63, 3.8) is 0 Å². The summed E-state index contributed by atoms with van der Waals surface area (Å²) < 4.78 is 11.0. The SMILES string of the molecule is COc1ccc(OCCCN2CCC(Cc3ccccc3)CC2)cc1.O=C(O)C(=O)O. The summed E-state index contributed by atoms with van der Waals surface area (Å²) in [4.78, 5) is 20.8. The average molecular weight is 430 g/mol. The van der Waals surface area contributed by atoms with E-state index in [4.69, 9.17) is 29.3 Å². The van der Waals surface area contributed by atoms with Gasteiger partial charge in [-0.15, -0.1) is 0 Å². The minimum absolute atomic E-state index is 0.774. The molecule has 168 valence electrons. The van der Waals surface area contributed by atoms with Crippen molar-refractivity contribution in [2.75, 3.05) is 33.4 Å². The summed E-state index contributed by atoms with van der Waals surface area (Å²) in [5, 5.41) is 14.8. The number of rotatable bonds is 8. The van der Waals surface area contributed by atoms with Gasteiger partial charge in [-0.25, -0.2) is 9.59 Å². The van der Waals surface area contributed by atoms with Gasteiger partial charge >= 0.3 is 11.9 Å². The average Bonchev–Trinajstić information content (AvgIpc) is 2.79. The molecule has 0 amide bonds. The van der Waals surface area contributed by atoms with Crippen LogP contribution < -0.4 is 9.47 Å². The number of hydrogen-bond donors (Lipinski definition) is 2. The van der Waals surface area contributed by atoms with Gasteiger partial charge in [0.25, 0.3) is 0 Å². The summed E-state index contributed by atoms with van der Waals surface area (Å²) in [6.45, 7) is 4.35. The fourth-order valence-corrected chi connectivity index (χ4v) is 3.51. The second kappa shape index (κ2) is 13.3. The van der Waals surface area contributed by atoms with E-state index >= 15 is 0 Å². The van der Waals surface area contributed by atoms with Crippen LogP contribution in [0, 0.1) is 5.92 Å². The summed E-state index contributed by atoms with van der Waals surface area (Å²) in [6.07, 6.45) is 4.94. The zero-order valence-corrected chi connectivity index (χ0v) is 17.9. The first-order valence-corrected chi connectivity index (χ1v) is 10.5. The van der Waals surface area contributed by atoms with Gasteiger partial charge in [0.1, 0.15) is 11.5 Å². The second-order valence-corrected chi connectivity index (χ2v) is 7.46. The van der Waals surface area contributed by atoms with Gasteiger partial charge in [-0.3, -0.25) is 0 Å². The lowest BCUT2D eigenvalue weighted by Crippen LogP contribution is -2.35. The molecule has 0 unspecified atom stereocenters. The largest absolute Gasteiger partial charge is 0.497 e. The molecule has 0 spiro atoms. The van der Waals surface area contributed by atoms with Crippen LogP contribution >= 0.6 is 0 Å². The molecule has 0 radical (unpaired) electrons. The molecule has 7 nitrogen and oxygen atoms in total. The molecule has 0 saturated carbocycles. The van der Waals surface area contributed by atoms with Gasteiger partial charge in [-0.2, -0.15) is 0 Å². The van der Waals surface area contributed by atoms with E-state index in [-0.39, 0.29) is 0 Å². The minimum atomic E-state index is -1.82. The van der Waals surface area contributed by atoms with Gasteiger partial charge in [-0.1, -0.05) is 30.3 Å². The highest BCUT2D eigenvalue weighted by Crippen LogP contribution is 2.22. The van der Waals surface area contributed by atoms with Gasteiger partial charge in [0, 0.05) is 6.54 Å². The fourth-order valence-electron chi connectivity index (χ4n) is 3.51. The lowest BCUT2D eigenvalue weighted by atomic mass is 9.90. The van der Waals surface area contributed by atoms with Crippen molar-refractivity contribution < 1.29 is 29.3 Å². The minimum Gasteiger partial charge on any atom is -0.497 e. The maximum Gasteiger partial charge on any atom is 0.414 e. The fraction of sp³-hybridized carbons (Fsp3) is 0.417. The predicted molar refractivity (Wildman–Crippen MR) is 118 cm³/mol. The van der Waals surface area contributed by atoms with E-state index in [0.717, 1.165) is 37.0 Å². The van der Waals surface area contributed by atoms with Crippen molar-refractivity contribution in [1.82, 2.24) is 4.90 Å². The van der Waals surface area contributed by atoms with Crippen LogP contribution in [0.5, 0.6) is 11.5 Å². The van der Waals surface area contributed by atoms with Crippen LogP contribution in [0.25, 0.3) is 0 Å². The van der Waals surface area contributed by atoms with E-state index in [0.29, 0.717) is 0 Å². The predicted octanol–water partition coefficient (Wildman–Crippen LogP) is 3.57. The standard InChI is InChI=1S/C22H29NO2.C2H2O4/c1-24-21-8-10-22(11-9-21)25-17-5-14-23-15-12-20(13-16-23)18-19-6-3-2-4-7-19;3-1(4)2(5)6/h2-4,6-11,20H,5,12-18H2,1H3;(H,3,4)(H,5,6). The Labute approximate surface area is 183 Å². The number of hydrogen-bond acceptors (Lipinski definition) is 5. The van der Waals surface area contributed by atoms with Gasteiger partial charge < -0.3 is 24.6 Å². The third-order valence-corrected chi connectivity index (χ3v) is 5.20. The quantitative estimate of drug-likeness (QED) is 0.489. The van der Waals surface area contributed by atoms with Crippen LogP contribution in [0.4, 0.5) is 0 Å². The number of benzene rings is 2. The van der Waals surface area contributed by atoms with Crippen molar-refractivity contribution in [2.45, 2.75) is 25.7 Å². The molecule has 7 heteroatoms. The Morgan fingerprint density at radius 1 is 0.935 bits per heavy atom. The number of nitrogens with zero attached hydrogens (tertiary/aromatic N) is 1. The van der Waals surface area contributed by atoms with Crippen LogP contribution in [-0.4, -0.2) is 60.4 Å². The van der Waals surface area contributed by atoms with E-state index in [2.05, 4.69) is 35.2 Å². The molecule has 2 N–H and O–H groups in total. The van der Waals surface area contributed by atoms with Gasteiger partial charge in [0.15, 0.2) is 0 Å². The van der Waals surface area contributed by atoms with Crippen LogP contribution in [0.1, 0.15) is 24.8 Å². The Kier molecular flexibility index (Phi) is 10.4. The monoisotopic (exact) mass is 429 g/mol. The summed E-state index contributed by atoms with van der Waals surface area (Å²) >= 11 is 0. The van der Waals surface area contributed by atoms with Crippen molar-refractivity contribution >= 4 is 11.9 Å². The normalized spacial score (nSPS) is 14.2. The molecule has 0 bridgehead atoms. The molecule has 2 aromatic rings. The smallest absolute Gasteiger partial charge is 0.414 e. The Hall–Kier alpha value is -3.06. The number of carboxylic acids is 2. The van der Waals surface area contributed by atoms with Crippen LogP contribution in [0.3, 0.4) is 0 Å². The van der Waals surface area contributed by atoms with E-state index in [1.54, 1.807) is 7.11 Å². The van der Waals surface area contributed by atoms with Crippen LogP contribution in [0.15, 0.2) is 54.6 Å². The number of methoxy groups -OCH3 is 1. The molecule has 31 heavy (non-hydrogen) atoms. The third-order valence-electron chi connectivity index (χ3n) is 5.20.